The Balaban J connectivity index is 2.72. The molecule has 124 valence electrons. The highest BCUT2D eigenvalue weighted by Gasteiger charge is 2.31. The molecule has 0 amide bonds. The van der Waals surface area contributed by atoms with Crippen LogP contribution in [0.1, 0.15) is 47.1 Å². The number of nitrogens with zero attached hydrogens (tertiary/aromatic N) is 1. The van der Waals surface area contributed by atoms with Crippen molar-refractivity contribution in [2.45, 2.75) is 46.1 Å². The van der Waals surface area contributed by atoms with Crippen LogP contribution in [-0.2, 0) is 18.6 Å². The fourth-order valence-electron chi connectivity index (χ4n) is 2.64. The van der Waals surface area contributed by atoms with Crippen LogP contribution in [0.4, 0.5) is 13.2 Å². The molecule has 0 bridgehead atoms. The van der Waals surface area contributed by atoms with E-state index >= 15 is 0 Å². The maximum Gasteiger partial charge on any atom is 0.416 e. The maximum atomic E-state index is 12.9. The van der Waals surface area contributed by atoms with Gasteiger partial charge in [-0.05, 0) is 48.5 Å². The van der Waals surface area contributed by atoms with Gasteiger partial charge in [0, 0.05) is 21.3 Å². The second-order valence-corrected chi connectivity index (χ2v) is 6.87. The highest BCUT2D eigenvalue weighted by molar-refractivity contribution is 5.62. The molecule has 2 aromatic rings. The summed E-state index contributed by atoms with van der Waals surface area (Å²) < 4.78 is 64.1. The van der Waals surface area contributed by atoms with Crippen LogP contribution >= 0.6 is 0 Å². The molecule has 0 N–H and O–H groups in total. The van der Waals surface area contributed by atoms with Gasteiger partial charge >= 0.3 is 6.18 Å². The minimum absolute atomic E-state index is 0.220. The van der Waals surface area contributed by atoms with Gasteiger partial charge in [0.15, 0.2) is 6.20 Å². The van der Waals surface area contributed by atoms with Crippen molar-refractivity contribution in [3.8, 4) is 11.3 Å². The third kappa shape index (κ3) is 3.57. The molecule has 2 rings (SSSR count). The van der Waals surface area contributed by atoms with Gasteiger partial charge < -0.3 is 0 Å². The van der Waals surface area contributed by atoms with Gasteiger partial charge in [0.25, 0.3) is 0 Å². The van der Waals surface area contributed by atoms with E-state index in [-0.39, 0.29) is 11.0 Å². The fraction of sp³-hybridized carbons (Fsp3) is 0.421. The lowest BCUT2D eigenvalue weighted by Crippen LogP contribution is -2.34. The van der Waals surface area contributed by atoms with Gasteiger partial charge in [-0.3, -0.25) is 0 Å². The number of aryl methyl sites for hydroxylation is 3. The average molecular weight is 325 g/mol. The number of halogens is 3. The first-order chi connectivity index (χ1) is 11.6. The van der Waals surface area contributed by atoms with Crippen LogP contribution in [0.15, 0.2) is 30.5 Å². The van der Waals surface area contributed by atoms with Crippen molar-refractivity contribution in [1.82, 2.24) is 0 Å². The van der Waals surface area contributed by atoms with Crippen molar-refractivity contribution < 1.29 is 21.9 Å². The largest absolute Gasteiger partial charge is 0.416 e. The molecule has 4 heteroatoms. The maximum absolute atomic E-state index is 12.9. The Morgan fingerprint density at radius 2 is 1.70 bits per heavy atom. The Morgan fingerprint density at radius 3 is 2.17 bits per heavy atom. The Bertz CT molecular complexity index is 832. The number of alkyl halides is 3. The summed E-state index contributed by atoms with van der Waals surface area (Å²) in [5.41, 5.74) is 1.39. The molecule has 1 aromatic heterocycles. The van der Waals surface area contributed by atoms with E-state index in [0.717, 1.165) is 12.1 Å². The molecule has 0 aliphatic carbocycles. The molecule has 0 unspecified atom stereocenters. The zero-order valence-corrected chi connectivity index (χ0v) is 14.0. The van der Waals surface area contributed by atoms with E-state index in [1.54, 1.807) is 30.8 Å². The summed E-state index contributed by atoms with van der Waals surface area (Å²) in [5, 5.41) is 0. The highest BCUT2D eigenvalue weighted by Crippen LogP contribution is 2.33. The van der Waals surface area contributed by atoms with Crippen LogP contribution in [0.2, 0.25) is 0 Å². The van der Waals surface area contributed by atoms with E-state index in [9.17, 15) is 13.2 Å². The zero-order valence-electron chi connectivity index (χ0n) is 17.0. The third-order valence-corrected chi connectivity index (χ3v) is 3.91. The SMILES string of the molecule is [2H]C([2H])([2H])c1cc(-c2ccc(C(F)(F)F)cc2C)[n+](C)cc1C(C)(C)C. The highest BCUT2D eigenvalue weighted by atomic mass is 19.4. The monoisotopic (exact) mass is 325 g/mol. The average Bonchev–Trinajstić information content (AvgIpc) is 2.44. The molecule has 1 nitrogen and oxygen atoms in total. The molecule has 1 heterocycles. The lowest BCUT2D eigenvalue weighted by molar-refractivity contribution is -0.661. The molecule has 1 aromatic carbocycles. The number of hydrogen-bond donors (Lipinski definition) is 0. The zero-order chi connectivity index (χ0) is 20.1. The lowest BCUT2D eigenvalue weighted by atomic mass is 9.84. The van der Waals surface area contributed by atoms with Crippen LogP contribution in [0.3, 0.4) is 0 Å². The predicted octanol–water partition coefficient (Wildman–Crippen LogP) is 5.11. The number of pyridine rings is 1. The third-order valence-electron chi connectivity index (χ3n) is 3.91. The number of aromatic nitrogens is 1. The summed E-state index contributed by atoms with van der Waals surface area (Å²) in [5.74, 6) is 0. The summed E-state index contributed by atoms with van der Waals surface area (Å²) in [6.45, 7) is 5.07. The van der Waals surface area contributed by atoms with Crippen LogP contribution in [0.25, 0.3) is 11.3 Å². The molecule has 0 aliphatic rings. The second kappa shape index (κ2) is 5.66. The first kappa shape index (κ1) is 13.6. The van der Waals surface area contributed by atoms with Gasteiger partial charge in [-0.25, -0.2) is 4.57 Å². The molecule has 0 aliphatic heterocycles. The van der Waals surface area contributed by atoms with E-state index in [2.05, 4.69) is 0 Å². The standard InChI is InChI=1S/C19H23F3N/c1-12-9-14(19(20,21)22)7-8-15(12)17-10-13(2)16(11-23(17)6)18(3,4)5/h7-11H,1-6H3/q+1/i2D3. The lowest BCUT2D eigenvalue weighted by Gasteiger charge is -2.20. The van der Waals surface area contributed by atoms with Gasteiger partial charge in [-0.15, -0.1) is 0 Å². The normalized spacial score (nSPS) is 15.0. The minimum atomic E-state index is -4.41. The van der Waals surface area contributed by atoms with Gasteiger partial charge in [-0.2, -0.15) is 13.2 Å². The van der Waals surface area contributed by atoms with Crippen LogP contribution in [-0.4, -0.2) is 0 Å². The van der Waals surface area contributed by atoms with E-state index in [1.807, 2.05) is 20.8 Å². The molecular formula is C19H23F3N+. The van der Waals surface area contributed by atoms with E-state index < -0.39 is 18.6 Å². The summed E-state index contributed by atoms with van der Waals surface area (Å²) >= 11 is 0. The number of rotatable bonds is 1. The minimum Gasteiger partial charge on any atom is -0.201 e. The van der Waals surface area contributed by atoms with Crippen molar-refractivity contribution in [2.75, 3.05) is 0 Å². The van der Waals surface area contributed by atoms with Crippen molar-refractivity contribution in [3.05, 3.63) is 52.7 Å². The van der Waals surface area contributed by atoms with Crippen molar-refractivity contribution in [3.63, 3.8) is 0 Å². The van der Waals surface area contributed by atoms with Gasteiger partial charge in [0.2, 0.25) is 5.69 Å². The Kier molecular flexibility index (Phi) is 3.34. The van der Waals surface area contributed by atoms with Gasteiger partial charge in [0.05, 0.1) is 5.56 Å². The van der Waals surface area contributed by atoms with Gasteiger partial charge in [0.1, 0.15) is 7.05 Å². The van der Waals surface area contributed by atoms with Crippen molar-refractivity contribution in [1.29, 1.82) is 0 Å². The van der Waals surface area contributed by atoms with Crippen LogP contribution in [0.5, 0.6) is 0 Å². The summed E-state index contributed by atoms with van der Waals surface area (Å²) in [6.07, 6.45) is -2.65. The van der Waals surface area contributed by atoms with Crippen LogP contribution < -0.4 is 4.57 Å². The second-order valence-electron chi connectivity index (χ2n) is 6.87. The molecule has 0 radical (unpaired) electrons. The molecule has 0 saturated heterocycles. The molecular weight excluding hydrogens is 299 g/mol. The quantitative estimate of drug-likeness (QED) is 0.641. The fourth-order valence-corrected chi connectivity index (χ4v) is 2.64. The first-order valence-electron chi connectivity index (χ1n) is 8.85. The summed E-state index contributed by atoms with van der Waals surface area (Å²) in [7, 11) is 1.77. The molecule has 0 spiro atoms. The van der Waals surface area contributed by atoms with Crippen molar-refractivity contribution >= 4 is 0 Å². The van der Waals surface area contributed by atoms with Gasteiger partial charge in [-0.1, -0.05) is 20.8 Å². The number of hydrogen-bond acceptors (Lipinski definition) is 0. The van der Waals surface area contributed by atoms with E-state index in [0.29, 0.717) is 22.4 Å². The number of benzene rings is 1. The van der Waals surface area contributed by atoms with E-state index in [4.69, 9.17) is 4.11 Å². The molecule has 0 fully saturated rings. The predicted molar refractivity (Wildman–Crippen MR) is 86.2 cm³/mol. The molecule has 0 saturated carbocycles. The smallest absolute Gasteiger partial charge is 0.201 e. The Morgan fingerprint density at radius 1 is 1.04 bits per heavy atom. The Hall–Kier alpha value is -1.84. The molecule has 0 atom stereocenters. The van der Waals surface area contributed by atoms with Crippen molar-refractivity contribution in [2.24, 2.45) is 7.05 Å². The topological polar surface area (TPSA) is 3.88 Å². The molecule has 23 heavy (non-hydrogen) atoms. The van der Waals surface area contributed by atoms with E-state index in [1.165, 1.54) is 6.07 Å². The Labute approximate surface area is 140 Å². The summed E-state index contributed by atoms with van der Waals surface area (Å²) in [6, 6.07) is 5.08. The summed E-state index contributed by atoms with van der Waals surface area (Å²) in [4.78, 5) is 0. The first-order valence-corrected chi connectivity index (χ1v) is 7.35. The van der Waals surface area contributed by atoms with Crippen LogP contribution in [0, 0.1) is 13.8 Å².